The van der Waals surface area contributed by atoms with Crippen LogP contribution in [0.1, 0.15) is 32.1 Å². The summed E-state index contributed by atoms with van der Waals surface area (Å²) in [6.45, 7) is 0. The molecule has 84 valence electrons. The van der Waals surface area contributed by atoms with E-state index < -0.39 is 0 Å². The Kier molecular flexibility index (Phi) is 5.21. The maximum atomic E-state index is 9.85. The van der Waals surface area contributed by atoms with E-state index in [4.69, 9.17) is 11.6 Å². The van der Waals surface area contributed by atoms with Gasteiger partial charge in [-0.2, -0.15) is 0 Å². The van der Waals surface area contributed by atoms with Gasteiger partial charge in [0, 0.05) is 11.9 Å². The van der Waals surface area contributed by atoms with Gasteiger partial charge in [-0.25, -0.2) is 0 Å². The molecule has 0 bridgehead atoms. The monoisotopic (exact) mass is 219 g/mol. The van der Waals surface area contributed by atoms with Crippen LogP contribution in [0.4, 0.5) is 0 Å². The average molecular weight is 220 g/mol. The minimum atomic E-state index is -0.0854. The largest absolute Gasteiger partial charge is 0.393 e. The van der Waals surface area contributed by atoms with Crippen LogP contribution in [0.2, 0.25) is 0 Å². The van der Waals surface area contributed by atoms with Crippen molar-refractivity contribution in [2.45, 2.75) is 44.2 Å². The molecule has 1 aliphatic rings. The Labute approximate surface area is 92.2 Å². The molecule has 2 unspecified atom stereocenters. The maximum Gasteiger partial charge on any atom is 0.0583 e. The van der Waals surface area contributed by atoms with Crippen molar-refractivity contribution < 1.29 is 5.11 Å². The van der Waals surface area contributed by atoms with Crippen LogP contribution in [0.25, 0.3) is 0 Å². The molecule has 14 heavy (non-hydrogen) atoms. The van der Waals surface area contributed by atoms with Crippen LogP contribution in [-0.4, -0.2) is 42.1 Å². The predicted octanol–water partition coefficient (Wildman–Crippen LogP) is 2.10. The molecule has 1 fully saturated rings. The van der Waals surface area contributed by atoms with Gasteiger partial charge in [-0.15, -0.1) is 11.6 Å². The molecular weight excluding hydrogens is 198 g/mol. The quantitative estimate of drug-likeness (QED) is 0.663. The average Bonchev–Trinajstić information content (AvgIpc) is 2.94. The van der Waals surface area contributed by atoms with Crippen LogP contribution in [0.3, 0.4) is 0 Å². The van der Waals surface area contributed by atoms with Crippen molar-refractivity contribution in [3.63, 3.8) is 0 Å². The zero-order valence-electron chi connectivity index (χ0n) is 9.25. The number of aliphatic hydroxyl groups is 1. The third kappa shape index (κ3) is 4.16. The lowest BCUT2D eigenvalue weighted by molar-refractivity contribution is 0.102. The lowest BCUT2D eigenvalue weighted by Crippen LogP contribution is -2.32. The van der Waals surface area contributed by atoms with E-state index in [1.165, 1.54) is 12.8 Å². The van der Waals surface area contributed by atoms with Crippen molar-refractivity contribution in [2.24, 2.45) is 5.92 Å². The zero-order valence-corrected chi connectivity index (χ0v) is 10.0. The van der Waals surface area contributed by atoms with E-state index in [0.717, 1.165) is 25.1 Å². The molecule has 1 aliphatic carbocycles. The first kappa shape index (κ1) is 12.3. The van der Waals surface area contributed by atoms with Crippen molar-refractivity contribution in [3.05, 3.63) is 0 Å². The smallest absolute Gasteiger partial charge is 0.0583 e. The third-order valence-electron chi connectivity index (χ3n) is 3.08. The number of halogens is 1. The molecule has 2 nitrogen and oxygen atoms in total. The Morgan fingerprint density at radius 3 is 2.50 bits per heavy atom. The Bertz CT molecular complexity index is 159. The van der Waals surface area contributed by atoms with Gasteiger partial charge < -0.3 is 10.0 Å². The molecule has 0 aromatic rings. The molecule has 1 saturated carbocycles. The second-order valence-corrected chi connectivity index (χ2v) is 4.97. The van der Waals surface area contributed by atoms with Gasteiger partial charge in [0.1, 0.15) is 0 Å². The number of alkyl halides is 1. The third-order valence-corrected chi connectivity index (χ3v) is 3.35. The van der Waals surface area contributed by atoms with Gasteiger partial charge in [-0.05, 0) is 52.1 Å². The Hall–Kier alpha value is 0.210. The molecule has 0 aromatic heterocycles. The van der Waals surface area contributed by atoms with E-state index in [-0.39, 0.29) is 6.10 Å². The molecule has 0 amide bonds. The summed E-state index contributed by atoms with van der Waals surface area (Å²) in [6.07, 6.45) is 5.40. The minimum Gasteiger partial charge on any atom is -0.393 e. The second-order valence-electron chi connectivity index (χ2n) is 4.59. The molecule has 0 aromatic carbocycles. The summed E-state index contributed by atoms with van der Waals surface area (Å²) in [4.78, 5) is 2.21. The molecule has 1 N–H and O–H groups in total. The molecule has 0 spiro atoms. The van der Waals surface area contributed by atoms with E-state index in [1.807, 2.05) is 0 Å². The fourth-order valence-electron chi connectivity index (χ4n) is 1.85. The van der Waals surface area contributed by atoms with Crippen LogP contribution >= 0.6 is 11.6 Å². The van der Waals surface area contributed by atoms with Gasteiger partial charge in [0.05, 0.1) is 6.10 Å². The lowest BCUT2D eigenvalue weighted by atomic mass is 10.0. The molecule has 2 atom stereocenters. The van der Waals surface area contributed by atoms with Gasteiger partial charge in [0.2, 0.25) is 0 Å². The molecule has 0 heterocycles. The molecule has 0 radical (unpaired) electrons. The van der Waals surface area contributed by atoms with Crippen molar-refractivity contribution >= 4 is 11.6 Å². The highest BCUT2D eigenvalue weighted by Crippen LogP contribution is 2.35. The highest BCUT2D eigenvalue weighted by molar-refractivity contribution is 6.17. The van der Waals surface area contributed by atoms with E-state index in [1.54, 1.807) is 0 Å². The number of nitrogens with zero attached hydrogens (tertiary/aromatic N) is 1. The molecule has 3 heteroatoms. The molecular formula is C11H22ClNO. The number of hydrogen-bond acceptors (Lipinski definition) is 2. The number of rotatable bonds is 7. The minimum absolute atomic E-state index is 0.0854. The first-order chi connectivity index (χ1) is 6.65. The first-order valence-electron chi connectivity index (χ1n) is 5.55. The second kappa shape index (κ2) is 5.94. The van der Waals surface area contributed by atoms with Crippen molar-refractivity contribution in [2.75, 3.05) is 20.0 Å². The van der Waals surface area contributed by atoms with Crippen LogP contribution in [0.15, 0.2) is 0 Å². The maximum absolute atomic E-state index is 9.85. The predicted molar refractivity (Wildman–Crippen MR) is 60.8 cm³/mol. The Morgan fingerprint density at radius 2 is 2.07 bits per heavy atom. The van der Waals surface area contributed by atoms with Gasteiger partial charge in [-0.3, -0.25) is 0 Å². The normalized spacial score (nSPS) is 21.2. The summed E-state index contributed by atoms with van der Waals surface area (Å²) in [5.74, 6) is 1.32. The van der Waals surface area contributed by atoms with E-state index >= 15 is 0 Å². The van der Waals surface area contributed by atoms with Gasteiger partial charge >= 0.3 is 0 Å². The SMILES string of the molecule is CN(C)C(CCCCl)CC(O)C1CC1. The van der Waals surface area contributed by atoms with Crippen molar-refractivity contribution in [1.29, 1.82) is 0 Å². The zero-order chi connectivity index (χ0) is 10.6. The number of aliphatic hydroxyl groups excluding tert-OH is 1. The summed E-state index contributed by atoms with van der Waals surface area (Å²) in [6, 6.07) is 0.490. The van der Waals surface area contributed by atoms with E-state index in [0.29, 0.717) is 12.0 Å². The van der Waals surface area contributed by atoms with E-state index in [9.17, 15) is 5.11 Å². The van der Waals surface area contributed by atoms with Gasteiger partial charge in [-0.1, -0.05) is 0 Å². The molecule has 0 aliphatic heterocycles. The molecule has 1 rings (SSSR count). The van der Waals surface area contributed by atoms with Gasteiger partial charge in [0.15, 0.2) is 0 Å². The van der Waals surface area contributed by atoms with E-state index in [2.05, 4.69) is 19.0 Å². The van der Waals surface area contributed by atoms with Crippen molar-refractivity contribution in [1.82, 2.24) is 4.90 Å². The highest BCUT2D eigenvalue weighted by Gasteiger charge is 2.31. The topological polar surface area (TPSA) is 23.5 Å². The lowest BCUT2D eigenvalue weighted by Gasteiger charge is -2.26. The van der Waals surface area contributed by atoms with Crippen LogP contribution in [-0.2, 0) is 0 Å². The van der Waals surface area contributed by atoms with Crippen LogP contribution < -0.4 is 0 Å². The number of hydrogen-bond donors (Lipinski definition) is 1. The summed E-state index contributed by atoms with van der Waals surface area (Å²) < 4.78 is 0. The Morgan fingerprint density at radius 1 is 1.43 bits per heavy atom. The van der Waals surface area contributed by atoms with Crippen molar-refractivity contribution in [3.8, 4) is 0 Å². The fourth-order valence-corrected chi connectivity index (χ4v) is 2.01. The van der Waals surface area contributed by atoms with Crippen LogP contribution in [0.5, 0.6) is 0 Å². The Balaban J connectivity index is 2.25. The molecule has 0 saturated heterocycles. The summed E-state index contributed by atoms with van der Waals surface area (Å²) in [7, 11) is 4.16. The fraction of sp³-hybridized carbons (Fsp3) is 1.00. The summed E-state index contributed by atoms with van der Waals surface area (Å²) >= 11 is 5.68. The van der Waals surface area contributed by atoms with Gasteiger partial charge in [0.25, 0.3) is 0 Å². The first-order valence-corrected chi connectivity index (χ1v) is 6.09. The standard InChI is InChI=1S/C11H22ClNO/c1-13(2)10(4-3-7-12)8-11(14)9-5-6-9/h9-11,14H,3-8H2,1-2H3. The van der Waals surface area contributed by atoms with Crippen LogP contribution in [0, 0.1) is 5.92 Å². The highest BCUT2D eigenvalue weighted by atomic mass is 35.5. The summed E-state index contributed by atoms with van der Waals surface area (Å²) in [5.41, 5.74) is 0. The summed E-state index contributed by atoms with van der Waals surface area (Å²) in [5, 5.41) is 9.85.